The van der Waals surface area contributed by atoms with Gasteiger partial charge in [-0.05, 0) is 126 Å². The lowest BCUT2D eigenvalue weighted by Gasteiger charge is -2.18. The van der Waals surface area contributed by atoms with E-state index in [-0.39, 0.29) is 0 Å². The number of aromatic nitrogens is 1. The Morgan fingerprint density at radius 1 is 0.229 bits per heavy atom. The van der Waals surface area contributed by atoms with E-state index in [0.717, 1.165) is 77.6 Å². The van der Waals surface area contributed by atoms with E-state index in [4.69, 9.17) is 4.42 Å². The first-order valence-electron chi connectivity index (χ1n) is 24.1. The summed E-state index contributed by atoms with van der Waals surface area (Å²) in [4.78, 5) is 0. The van der Waals surface area contributed by atoms with Crippen LogP contribution >= 0.6 is 0 Å². The van der Waals surface area contributed by atoms with Crippen molar-refractivity contribution in [1.29, 1.82) is 0 Å². The van der Waals surface area contributed by atoms with Crippen molar-refractivity contribution in [2.45, 2.75) is 0 Å². The third-order valence-corrected chi connectivity index (χ3v) is 14.3. The molecule has 2 heteroatoms. The molecule has 2 aromatic heterocycles. The average molecular weight is 890 g/mol. The molecule has 0 amide bonds. The molecule has 14 rings (SSSR count). The summed E-state index contributed by atoms with van der Waals surface area (Å²) in [5.41, 5.74) is 19.0. The molecule has 0 aliphatic rings. The van der Waals surface area contributed by atoms with Crippen LogP contribution in [0.2, 0.25) is 0 Å². The molecule has 2 nitrogen and oxygen atoms in total. The van der Waals surface area contributed by atoms with Crippen molar-refractivity contribution in [3.05, 3.63) is 261 Å². The van der Waals surface area contributed by atoms with Crippen molar-refractivity contribution in [3.63, 3.8) is 0 Å². The minimum Gasteiger partial charge on any atom is -0.455 e. The standard InChI is InChI=1S/C68H43NO/c1-5-20-44(21-6-1)50-39-59(46-24-9-3-10-25-46)67-61(41-50)62-42-51(45-22-7-2-8-23-45)40-60(68(62)70-67)48-36-37-54-53-30-17-18-35-63(53)69(64(54)43-48)52-29-19-28-49(38-52)66-57-33-15-13-31-55(57)65(47-26-11-4-12-27-47)56-32-14-16-34-58(56)66/h1-43H. The molecule has 0 saturated heterocycles. The summed E-state index contributed by atoms with van der Waals surface area (Å²) in [6.45, 7) is 0. The van der Waals surface area contributed by atoms with Gasteiger partial charge in [-0.25, -0.2) is 0 Å². The van der Waals surface area contributed by atoms with Crippen LogP contribution in [0.3, 0.4) is 0 Å². The quantitative estimate of drug-likeness (QED) is 0.146. The van der Waals surface area contributed by atoms with Crippen LogP contribution in [-0.2, 0) is 0 Å². The third-order valence-electron chi connectivity index (χ3n) is 14.3. The number of hydrogen-bond donors (Lipinski definition) is 0. The molecular weight excluding hydrogens is 847 g/mol. The molecule has 0 bridgehead atoms. The van der Waals surface area contributed by atoms with Crippen LogP contribution in [0.5, 0.6) is 0 Å². The second-order valence-corrected chi connectivity index (χ2v) is 18.3. The van der Waals surface area contributed by atoms with Gasteiger partial charge in [0.1, 0.15) is 11.2 Å². The molecule has 0 aliphatic carbocycles. The molecule has 326 valence electrons. The Kier molecular flexibility index (Phi) is 9.25. The number of fused-ring (bicyclic) bond motifs is 8. The van der Waals surface area contributed by atoms with Gasteiger partial charge in [-0.2, -0.15) is 0 Å². The number of para-hydroxylation sites is 1. The molecular formula is C68H43NO. The van der Waals surface area contributed by atoms with Gasteiger partial charge in [-0.1, -0.05) is 212 Å². The molecule has 2 heterocycles. The molecule has 0 aliphatic heterocycles. The fourth-order valence-corrected chi connectivity index (χ4v) is 11.2. The largest absolute Gasteiger partial charge is 0.455 e. The van der Waals surface area contributed by atoms with E-state index in [1.54, 1.807) is 0 Å². The first-order chi connectivity index (χ1) is 34.7. The third kappa shape index (κ3) is 6.42. The van der Waals surface area contributed by atoms with E-state index in [0.29, 0.717) is 0 Å². The van der Waals surface area contributed by atoms with Crippen molar-refractivity contribution in [2.24, 2.45) is 0 Å². The molecule has 12 aromatic carbocycles. The molecule has 0 spiro atoms. The molecule has 0 radical (unpaired) electrons. The fourth-order valence-electron chi connectivity index (χ4n) is 11.2. The minimum atomic E-state index is 0.874. The van der Waals surface area contributed by atoms with Gasteiger partial charge in [0, 0.05) is 38.4 Å². The smallest absolute Gasteiger partial charge is 0.143 e. The van der Waals surface area contributed by atoms with Gasteiger partial charge in [0.05, 0.1) is 11.0 Å². The predicted octanol–water partition coefficient (Wildman–Crippen LogP) is 19.0. The number of benzene rings is 12. The SMILES string of the molecule is c1ccc(-c2cc(-c3ccccc3)c3oc4c(-c5ccc6c7ccccc7n(-c7cccc(-c8c9ccccc9c(-c9ccccc9)c9ccccc89)c7)c6c5)cc(-c5ccccc5)cc4c3c2)cc1. The van der Waals surface area contributed by atoms with Crippen molar-refractivity contribution in [3.8, 4) is 72.4 Å². The van der Waals surface area contributed by atoms with Crippen LogP contribution in [0.1, 0.15) is 0 Å². The maximum absolute atomic E-state index is 7.26. The van der Waals surface area contributed by atoms with E-state index in [2.05, 4.69) is 265 Å². The lowest BCUT2D eigenvalue weighted by atomic mass is 9.86. The molecule has 0 saturated carbocycles. The summed E-state index contributed by atoms with van der Waals surface area (Å²) in [6, 6.07) is 94.9. The number of rotatable bonds is 7. The van der Waals surface area contributed by atoms with Gasteiger partial charge in [-0.3, -0.25) is 0 Å². The van der Waals surface area contributed by atoms with Gasteiger partial charge >= 0.3 is 0 Å². The highest BCUT2D eigenvalue weighted by Gasteiger charge is 2.22. The van der Waals surface area contributed by atoms with Crippen LogP contribution in [-0.4, -0.2) is 4.57 Å². The van der Waals surface area contributed by atoms with Crippen LogP contribution in [0.15, 0.2) is 265 Å². The molecule has 0 N–H and O–H groups in total. The van der Waals surface area contributed by atoms with Gasteiger partial charge in [-0.15, -0.1) is 0 Å². The summed E-state index contributed by atoms with van der Waals surface area (Å²) >= 11 is 0. The summed E-state index contributed by atoms with van der Waals surface area (Å²) in [5, 5.41) is 9.57. The van der Waals surface area contributed by atoms with Gasteiger partial charge < -0.3 is 8.98 Å². The second-order valence-electron chi connectivity index (χ2n) is 18.3. The highest BCUT2D eigenvalue weighted by molar-refractivity contribution is 6.22. The summed E-state index contributed by atoms with van der Waals surface area (Å²) in [7, 11) is 0. The van der Waals surface area contributed by atoms with E-state index < -0.39 is 0 Å². The Morgan fingerprint density at radius 3 is 1.21 bits per heavy atom. The van der Waals surface area contributed by atoms with Crippen LogP contribution < -0.4 is 0 Å². The summed E-state index contributed by atoms with van der Waals surface area (Å²) in [6.07, 6.45) is 0. The van der Waals surface area contributed by atoms with Gasteiger partial charge in [0.15, 0.2) is 0 Å². The van der Waals surface area contributed by atoms with E-state index in [9.17, 15) is 0 Å². The van der Waals surface area contributed by atoms with E-state index in [1.165, 1.54) is 60.1 Å². The van der Waals surface area contributed by atoms with Crippen molar-refractivity contribution in [2.75, 3.05) is 0 Å². The maximum atomic E-state index is 7.26. The zero-order valence-electron chi connectivity index (χ0n) is 38.2. The normalized spacial score (nSPS) is 11.7. The number of nitrogens with zero attached hydrogens (tertiary/aromatic N) is 1. The monoisotopic (exact) mass is 889 g/mol. The maximum Gasteiger partial charge on any atom is 0.143 e. The highest BCUT2D eigenvalue weighted by atomic mass is 16.3. The zero-order chi connectivity index (χ0) is 46.1. The van der Waals surface area contributed by atoms with E-state index >= 15 is 0 Å². The predicted molar refractivity (Wildman–Crippen MR) is 296 cm³/mol. The fraction of sp³-hybridized carbons (Fsp3) is 0. The van der Waals surface area contributed by atoms with Crippen LogP contribution in [0.4, 0.5) is 0 Å². The average Bonchev–Trinajstić information content (AvgIpc) is 3.98. The molecule has 14 aromatic rings. The Morgan fingerprint density at radius 2 is 0.657 bits per heavy atom. The Hall–Kier alpha value is -9.24. The van der Waals surface area contributed by atoms with Crippen molar-refractivity contribution < 1.29 is 4.42 Å². The summed E-state index contributed by atoms with van der Waals surface area (Å²) in [5.74, 6) is 0. The van der Waals surface area contributed by atoms with Crippen molar-refractivity contribution in [1.82, 2.24) is 4.57 Å². The number of furan rings is 1. The highest BCUT2D eigenvalue weighted by Crippen LogP contribution is 2.47. The van der Waals surface area contributed by atoms with Crippen molar-refractivity contribution >= 4 is 65.3 Å². The molecule has 70 heavy (non-hydrogen) atoms. The van der Waals surface area contributed by atoms with E-state index in [1.807, 2.05) is 0 Å². The Labute approximate surface area is 405 Å². The Balaban J connectivity index is 1.01. The first kappa shape index (κ1) is 39.9. The van der Waals surface area contributed by atoms with Crippen LogP contribution in [0.25, 0.3) is 138 Å². The minimum absolute atomic E-state index is 0.874. The van der Waals surface area contributed by atoms with Gasteiger partial charge in [0.25, 0.3) is 0 Å². The van der Waals surface area contributed by atoms with Gasteiger partial charge in [0.2, 0.25) is 0 Å². The zero-order valence-corrected chi connectivity index (χ0v) is 38.2. The Bertz CT molecular complexity index is 4260. The number of hydrogen-bond acceptors (Lipinski definition) is 1. The van der Waals surface area contributed by atoms with Crippen LogP contribution in [0, 0.1) is 0 Å². The molecule has 0 atom stereocenters. The molecule has 0 unspecified atom stereocenters. The lowest BCUT2D eigenvalue weighted by Crippen LogP contribution is -1.96. The molecule has 0 fully saturated rings. The topological polar surface area (TPSA) is 18.1 Å². The summed E-state index contributed by atoms with van der Waals surface area (Å²) < 4.78 is 9.71. The first-order valence-corrected chi connectivity index (χ1v) is 24.1. The second kappa shape index (κ2) is 16.2. The lowest BCUT2D eigenvalue weighted by molar-refractivity contribution is 0.671.